The Balaban J connectivity index is 1.65. The van der Waals surface area contributed by atoms with Gasteiger partial charge in [-0.1, -0.05) is 30.3 Å². The van der Waals surface area contributed by atoms with Crippen molar-refractivity contribution >= 4 is 22.0 Å². The Morgan fingerprint density at radius 3 is 2.82 bits per heavy atom. The van der Waals surface area contributed by atoms with Gasteiger partial charge < -0.3 is 4.74 Å². The molecule has 0 aliphatic carbocycles. The Kier molecular flexibility index (Phi) is 4.73. The normalized spacial score (nSPS) is 17.5. The minimum Gasteiger partial charge on any atom is -0.445 e. The average molecular weight is 361 g/mol. The van der Waals surface area contributed by atoms with Crippen LogP contribution in [0, 0.1) is 0 Å². The second kappa shape index (κ2) is 6.92. The molecule has 0 radical (unpaired) electrons. The highest BCUT2D eigenvalue weighted by Gasteiger charge is 2.31. The lowest BCUT2D eigenvalue weighted by molar-refractivity contribution is 0.0915. The summed E-state index contributed by atoms with van der Waals surface area (Å²) >= 11 is 3.38. The van der Waals surface area contributed by atoms with Crippen molar-refractivity contribution in [1.82, 2.24) is 9.88 Å². The second-order valence-electron chi connectivity index (χ2n) is 5.29. The molecule has 0 bridgehead atoms. The molecular formula is C17H17BrN2O2. The minimum atomic E-state index is -0.268. The van der Waals surface area contributed by atoms with Crippen LogP contribution in [0.3, 0.4) is 0 Å². The summed E-state index contributed by atoms with van der Waals surface area (Å²) in [6.45, 7) is 1.02. The summed E-state index contributed by atoms with van der Waals surface area (Å²) in [5.74, 6) is 0. The van der Waals surface area contributed by atoms with E-state index in [1.807, 2.05) is 42.5 Å². The summed E-state index contributed by atoms with van der Waals surface area (Å²) in [4.78, 5) is 18.5. The number of hydrogen-bond donors (Lipinski definition) is 0. The number of carbonyl (C=O) groups is 1. The lowest BCUT2D eigenvalue weighted by atomic mass is 10.1. The molecule has 0 unspecified atom stereocenters. The third-order valence-electron chi connectivity index (χ3n) is 3.78. The quantitative estimate of drug-likeness (QED) is 0.818. The van der Waals surface area contributed by atoms with Gasteiger partial charge in [-0.15, -0.1) is 0 Å². The molecule has 1 fully saturated rings. The van der Waals surface area contributed by atoms with Gasteiger partial charge in [0.1, 0.15) is 6.61 Å². The van der Waals surface area contributed by atoms with E-state index in [4.69, 9.17) is 4.74 Å². The van der Waals surface area contributed by atoms with Crippen LogP contribution in [0.2, 0.25) is 0 Å². The summed E-state index contributed by atoms with van der Waals surface area (Å²) in [5, 5.41) is 0. The highest BCUT2D eigenvalue weighted by molar-refractivity contribution is 9.10. The molecular weight excluding hydrogens is 344 g/mol. The SMILES string of the molecule is O=C(OCc1ccccc1)N1CCC[C@@H]1c1ccc(Br)cn1. The third-order valence-corrected chi connectivity index (χ3v) is 4.25. The molecule has 1 aliphatic rings. The van der Waals surface area contributed by atoms with Crippen molar-refractivity contribution in [3.8, 4) is 0 Å². The van der Waals surface area contributed by atoms with Gasteiger partial charge in [-0.25, -0.2) is 4.79 Å². The maximum absolute atomic E-state index is 12.3. The maximum atomic E-state index is 12.3. The predicted octanol–water partition coefficient (Wildman–Crippen LogP) is 4.32. The zero-order valence-electron chi connectivity index (χ0n) is 12.1. The van der Waals surface area contributed by atoms with Gasteiger partial charge in [-0.05, 0) is 46.5 Å². The molecule has 5 heteroatoms. The number of nitrogens with zero attached hydrogens (tertiary/aromatic N) is 2. The molecule has 22 heavy (non-hydrogen) atoms. The van der Waals surface area contributed by atoms with Crippen LogP contribution in [0.4, 0.5) is 4.79 Å². The van der Waals surface area contributed by atoms with Crippen molar-refractivity contribution < 1.29 is 9.53 Å². The van der Waals surface area contributed by atoms with Gasteiger partial charge in [0.05, 0.1) is 11.7 Å². The van der Waals surface area contributed by atoms with E-state index in [9.17, 15) is 4.79 Å². The first-order valence-electron chi connectivity index (χ1n) is 7.33. The molecule has 1 atom stereocenters. The van der Waals surface area contributed by atoms with Gasteiger partial charge in [0, 0.05) is 17.2 Å². The smallest absolute Gasteiger partial charge is 0.410 e. The van der Waals surface area contributed by atoms with E-state index in [0.717, 1.165) is 35.1 Å². The van der Waals surface area contributed by atoms with Gasteiger partial charge in [0.15, 0.2) is 0 Å². The van der Waals surface area contributed by atoms with E-state index in [2.05, 4.69) is 20.9 Å². The minimum absolute atomic E-state index is 0.0105. The summed E-state index contributed by atoms with van der Waals surface area (Å²) in [5.41, 5.74) is 1.91. The molecule has 0 spiro atoms. The van der Waals surface area contributed by atoms with Crippen molar-refractivity contribution in [2.24, 2.45) is 0 Å². The molecule has 2 aromatic rings. The molecule has 0 saturated carbocycles. The predicted molar refractivity (Wildman–Crippen MR) is 87.2 cm³/mol. The first-order valence-corrected chi connectivity index (χ1v) is 8.12. The Bertz CT molecular complexity index is 631. The van der Waals surface area contributed by atoms with Crippen LogP contribution in [-0.2, 0) is 11.3 Å². The van der Waals surface area contributed by atoms with Gasteiger partial charge >= 0.3 is 6.09 Å². The Morgan fingerprint density at radius 2 is 2.09 bits per heavy atom. The van der Waals surface area contributed by atoms with Gasteiger partial charge in [-0.2, -0.15) is 0 Å². The zero-order valence-corrected chi connectivity index (χ0v) is 13.7. The van der Waals surface area contributed by atoms with E-state index in [-0.39, 0.29) is 12.1 Å². The van der Waals surface area contributed by atoms with Gasteiger partial charge in [-0.3, -0.25) is 9.88 Å². The monoisotopic (exact) mass is 360 g/mol. The Labute approximate surface area is 138 Å². The van der Waals surface area contributed by atoms with Crippen molar-refractivity contribution in [2.75, 3.05) is 6.54 Å². The molecule has 2 heterocycles. The summed E-state index contributed by atoms with van der Waals surface area (Å²) in [6, 6.07) is 13.6. The molecule has 1 saturated heterocycles. The van der Waals surface area contributed by atoms with Crippen molar-refractivity contribution in [3.63, 3.8) is 0 Å². The standard InChI is InChI=1S/C17H17BrN2O2/c18-14-8-9-15(19-11-14)16-7-4-10-20(16)17(21)22-12-13-5-2-1-3-6-13/h1-3,5-6,8-9,11,16H,4,7,10,12H2/t16-/m1/s1. The van der Waals surface area contributed by atoms with Crippen molar-refractivity contribution in [2.45, 2.75) is 25.5 Å². The number of aromatic nitrogens is 1. The molecule has 1 aromatic heterocycles. The van der Waals surface area contributed by atoms with E-state index in [1.54, 1.807) is 11.1 Å². The molecule has 4 nitrogen and oxygen atoms in total. The average Bonchev–Trinajstić information content (AvgIpc) is 3.04. The fourth-order valence-corrected chi connectivity index (χ4v) is 2.91. The molecule has 0 N–H and O–H groups in total. The zero-order chi connectivity index (χ0) is 15.4. The number of ether oxygens (including phenoxy) is 1. The lowest BCUT2D eigenvalue weighted by Crippen LogP contribution is -2.31. The summed E-state index contributed by atoms with van der Waals surface area (Å²) < 4.78 is 6.37. The van der Waals surface area contributed by atoms with Gasteiger partial charge in [0.25, 0.3) is 0 Å². The first kappa shape index (κ1) is 15.0. The van der Waals surface area contributed by atoms with E-state index < -0.39 is 0 Å². The molecule has 1 aromatic carbocycles. The first-order chi connectivity index (χ1) is 10.7. The third kappa shape index (κ3) is 3.47. The molecule has 1 aliphatic heterocycles. The van der Waals surface area contributed by atoms with E-state index >= 15 is 0 Å². The van der Waals surface area contributed by atoms with Crippen LogP contribution in [0.25, 0.3) is 0 Å². The van der Waals surface area contributed by atoms with Crippen LogP contribution in [0.1, 0.15) is 30.1 Å². The van der Waals surface area contributed by atoms with Crippen molar-refractivity contribution in [1.29, 1.82) is 0 Å². The van der Waals surface area contributed by atoms with Crippen LogP contribution in [0.15, 0.2) is 53.1 Å². The fraction of sp³-hybridized carbons (Fsp3) is 0.294. The van der Waals surface area contributed by atoms with Gasteiger partial charge in [0.2, 0.25) is 0 Å². The topological polar surface area (TPSA) is 42.4 Å². The number of amides is 1. The number of likely N-dealkylation sites (tertiary alicyclic amines) is 1. The summed E-state index contributed by atoms with van der Waals surface area (Å²) in [7, 11) is 0. The second-order valence-corrected chi connectivity index (χ2v) is 6.21. The molecule has 114 valence electrons. The van der Waals surface area contributed by atoms with Crippen LogP contribution in [0.5, 0.6) is 0 Å². The number of pyridine rings is 1. The van der Waals surface area contributed by atoms with Crippen LogP contribution >= 0.6 is 15.9 Å². The van der Waals surface area contributed by atoms with Crippen molar-refractivity contribution in [3.05, 3.63) is 64.4 Å². The lowest BCUT2D eigenvalue weighted by Gasteiger charge is -2.23. The highest BCUT2D eigenvalue weighted by Crippen LogP contribution is 2.31. The number of hydrogen-bond acceptors (Lipinski definition) is 3. The maximum Gasteiger partial charge on any atom is 0.410 e. The van der Waals surface area contributed by atoms with Crippen LogP contribution in [-0.4, -0.2) is 22.5 Å². The fourth-order valence-electron chi connectivity index (χ4n) is 2.68. The summed E-state index contributed by atoms with van der Waals surface area (Å²) in [6.07, 6.45) is 3.40. The Morgan fingerprint density at radius 1 is 1.27 bits per heavy atom. The van der Waals surface area contributed by atoms with E-state index in [1.165, 1.54) is 0 Å². The largest absolute Gasteiger partial charge is 0.445 e. The highest BCUT2D eigenvalue weighted by atomic mass is 79.9. The Hall–Kier alpha value is -1.88. The number of halogens is 1. The number of carbonyl (C=O) groups excluding carboxylic acids is 1. The molecule has 3 rings (SSSR count). The molecule has 1 amide bonds. The number of benzene rings is 1. The van der Waals surface area contributed by atoms with Crippen LogP contribution < -0.4 is 0 Å². The van der Waals surface area contributed by atoms with E-state index in [0.29, 0.717) is 6.61 Å². The number of rotatable bonds is 3.